The number of halogens is 3. The highest BCUT2D eigenvalue weighted by Gasteiger charge is 2.11. The van der Waals surface area contributed by atoms with Gasteiger partial charge >= 0.3 is 6.61 Å². The van der Waals surface area contributed by atoms with Crippen LogP contribution < -0.4 is 20.1 Å². The molecule has 9 heteroatoms. The summed E-state index contributed by atoms with van der Waals surface area (Å²) >= 11 is 6.11. The predicted octanol–water partition coefficient (Wildman–Crippen LogP) is 4.95. The van der Waals surface area contributed by atoms with Crippen LogP contribution >= 0.6 is 11.6 Å². The summed E-state index contributed by atoms with van der Waals surface area (Å²) in [7, 11) is 0. The van der Waals surface area contributed by atoms with Crippen LogP contribution in [0.4, 0.5) is 20.2 Å². The first-order chi connectivity index (χ1) is 13.8. The number of amides is 2. The van der Waals surface area contributed by atoms with Crippen LogP contribution in [0.1, 0.15) is 19.4 Å². The molecule has 0 fully saturated rings. The second-order valence-corrected chi connectivity index (χ2v) is 6.12. The van der Waals surface area contributed by atoms with Crippen molar-refractivity contribution < 1.29 is 27.8 Å². The lowest BCUT2D eigenvalue weighted by Crippen LogP contribution is -2.09. The summed E-state index contributed by atoms with van der Waals surface area (Å²) in [6.07, 6.45) is 2.75. The van der Waals surface area contributed by atoms with Gasteiger partial charge in [-0.25, -0.2) is 0 Å². The maximum Gasteiger partial charge on any atom is 0.387 e. The van der Waals surface area contributed by atoms with Crippen LogP contribution in [0.5, 0.6) is 11.5 Å². The maximum absolute atomic E-state index is 12.4. The van der Waals surface area contributed by atoms with Crippen molar-refractivity contribution in [2.45, 2.75) is 20.5 Å². The number of hydrogen-bond acceptors (Lipinski definition) is 4. The Bertz CT molecular complexity index is 919. The molecule has 0 aliphatic carbocycles. The zero-order valence-corrected chi connectivity index (χ0v) is 16.4. The van der Waals surface area contributed by atoms with Gasteiger partial charge in [0.2, 0.25) is 11.8 Å². The minimum Gasteiger partial charge on any atom is -0.490 e. The minimum atomic E-state index is -2.97. The lowest BCUT2D eigenvalue weighted by Gasteiger charge is -2.11. The van der Waals surface area contributed by atoms with E-state index < -0.39 is 12.5 Å². The number of carbonyl (C=O) groups excluding carboxylic acids is 2. The fraction of sp³-hybridized carbons (Fsp3) is 0.200. The molecule has 0 saturated heterocycles. The smallest absolute Gasteiger partial charge is 0.387 e. The minimum absolute atomic E-state index is 0.0884. The second kappa shape index (κ2) is 10.4. The second-order valence-electron chi connectivity index (χ2n) is 5.72. The molecule has 0 heterocycles. The van der Waals surface area contributed by atoms with Crippen molar-refractivity contribution in [1.29, 1.82) is 0 Å². The lowest BCUT2D eigenvalue weighted by atomic mass is 10.2. The van der Waals surface area contributed by atoms with Gasteiger partial charge in [0.1, 0.15) is 0 Å². The Kier molecular flexibility index (Phi) is 7.97. The van der Waals surface area contributed by atoms with Gasteiger partial charge in [0.15, 0.2) is 11.5 Å². The SMILES string of the molecule is CCOc1cc(/C=C/C(=O)Nc2ccc(NC(C)=O)cc2Cl)ccc1OC(F)F. The highest BCUT2D eigenvalue weighted by molar-refractivity contribution is 6.34. The van der Waals surface area contributed by atoms with E-state index in [1.807, 2.05) is 0 Å². The van der Waals surface area contributed by atoms with E-state index in [0.29, 0.717) is 16.9 Å². The van der Waals surface area contributed by atoms with Gasteiger partial charge in [-0.2, -0.15) is 8.78 Å². The molecule has 0 unspecified atom stereocenters. The van der Waals surface area contributed by atoms with Crippen LogP contribution in [0.25, 0.3) is 6.08 Å². The number of nitrogens with one attached hydrogen (secondary N) is 2. The van der Waals surface area contributed by atoms with Gasteiger partial charge in [0.05, 0.1) is 17.3 Å². The summed E-state index contributed by atoms with van der Waals surface area (Å²) < 4.78 is 34.6. The maximum atomic E-state index is 12.4. The first-order valence-corrected chi connectivity index (χ1v) is 8.94. The molecule has 6 nitrogen and oxygen atoms in total. The van der Waals surface area contributed by atoms with Crippen molar-refractivity contribution in [3.05, 3.63) is 53.1 Å². The Morgan fingerprint density at radius 3 is 2.52 bits per heavy atom. The van der Waals surface area contributed by atoms with Crippen LogP contribution in [0.15, 0.2) is 42.5 Å². The molecule has 0 atom stereocenters. The topological polar surface area (TPSA) is 76.7 Å². The number of ether oxygens (including phenoxy) is 2. The largest absolute Gasteiger partial charge is 0.490 e. The molecule has 0 aromatic heterocycles. The Hall–Kier alpha value is -3.13. The van der Waals surface area contributed by atoms with Crippen LogP contribution in [0.3, 0.4) is 0 Å². The lowest BCUT2D eigenvalue weighted by molar-refractivity contribution is -0.114. The van der Waals surface area contributed by atoms with Gasteiger partial charge in [-0.15, -0.1) is 0 Å². The third kappa shape index (κ3) is 7.08. The average molecular weight is 425 g/mol. The fourth-order valence-electron chi connectivity index (χ4n) is 2.33. The summed E-state index contributed by atoms with van der Waals surface area (Å²) in [5.41, 5.74) is 1.43. The number of hydrogen-bond donors (Lipinski definition) is 2. The number of carbonyl (C=O) groups is 2. The summed E-state index contributed by atoms with van der Waals surface area (Å²) in [5, 5.41) is 5.45. The predicted molar refractivity (Wildman–Crippen MR) is 108 cm³/mol. The first-order valence-electron chi connectivity index (χ1n) is 8.56. The quantitative estimate of drug-likeness (QED) is 0.588. The summed E-state index contributed by atoms with van der Waals surface area (Å²) in [6.45, 7) is 0.379. The zero-order valence-electron chi connectivity index (χ0n) is 15.7. The molecule has 0 spiro atoms. The van der Waals surface area contributed by atoms with Crippen molar-refractivity contribution in [3.8, 4) is 11.5 Å². The molecule has 0 radical (unpaired) electrons. The summed E-state index contributed by atoms with van der Waals surface area (Å²) in [5.74, 6) is -0.635. The molecule has 0 bridgehead atoms. The Morgan fingerprint density at radius 1 is 1.14 bits per heavy atom. The van der Waals surface area contributed by atoms with Gasteiger partial charge in [-0.1, -0.05) is 17.7 Å². The zero-order chi connectivity index (χ0) is 21.4. The molecule has 0 saturated carbocycles. The highest BCUT2D eigenvalue weighted by atomic mass is 35.5. The molecule has 2 aromatic rings. The fourth-order valence-corrected chi connectivity index (χ4v) is 2.56. The standard InChI is InChI=1S/C20H19ClF2N2O4/c1-3-28-18-10-13(4-8-17(18)29-20(22)23)5-9-19(27)25-16-7-6-14(11-15(16)21)24-12(2)26/h4-11,20H,3H2,1-2H3,(H,24,26)(H,25,27)/b9-5+. The molecule has 2 N–H and O–H groups in total. The number of rotatable bonds is 8. The molecule has 154 valence electrons. The van der Waals surface area contributed by atoms with E-state index in [4.69, 9.17) is 16.3 Å². The molecule has 2 rings (SSSR count). The summed E-state index contributed by atoms with van der Waals surface area (Å²) in [6, 6.07) is 9.01. The molecule has 2 amide bonds. The van der Waals surface area contributed by atoms with Crippen molar-refractivity contribution >= 4 is 40.9 Å². The third-order valence-corrected chi connectivity index (χ3v) is 3.77. The van der Waals surface area contributed by atoms with E-state index in [0.717, 1.165) is 0 Å². The monoisotopic (exact) mass is 424 g/mol. The van der Waals surface area contributed by atoms with Gasteiger partial charge in [0.25, 0.3) is 0 Å². The van der Waals surface area contributed by atoms with E-state index in [-0.39, 0.29) is 29.0 Å². The number of benzene rings is 2. The Morgan fingerprint density at radius 2 is 1.90 bits per heavy atom. The number of anilines is 2. The van der Waals surface area contributed by atoms with Crippen LogP contribution in [0.2, 0.25) is 5.02 Å². The highest BCUT2D eigenvalue weighted by Crippen LogP contribution is 2.30. The molecule has 29 heavy (non-hydrogen) atoms. The van der Waals surface area contributed by atoms with Crippen LogP contribution in [-0.2, 0) is 9.59 Å². The van der Waals surface area contributed by atoms with Crippen molar-refractivity contribution in [3.63, 3.8) is 0 Å². The van der Waals surface area contributed by atoms with Gasteiger partial charge in [-0.3, -0.25) is 9.59 Å². The van der Waals surface area contributed by atoms with Gasteiger partial charge in [0, 0.05) is 18.7 Å². The van der Waals surface area contributed by atoms with E-state index in [1.54, 1.807) is 19.1 Å². The average Bonchev–Trinajstić information content (AvgIpc) is 2.63. The van der Waals surface area contributed by atoms with Gasteiger partial charge in [-0.05, 0) is 48.9 Å². The summed E-state index contributed by atoms with van der Waals surface area (Å²) in [4.78, 5) is 23.2. The van der Waals surface area contributed by atoms with E-state index in [2.05, 4.69) is 15.4 Å². The Balaban J connectivity index is 2.08. The van der Waals surface area contributed by atoms with Crippen LogP contribution in [0, 0.1) is 0 Å². The van der Waals surface area contributed by atoms with Crippen molar-refractivity contribution in [2.75, 3.05) is 17.2 Å². The number of alkyl halides is 2. The van der Waals surface area contributed by atoms with Gasteiger partial charge < -0.3 is 20.1 Å². The van der Waals surface area contributed by atoms with Crippen molar-refractivity contribution in [2.24, 2.45) is 0 Å². The van der Waals surface area contributed by atoms with E-state index in [1.165, 1.54) is 43.3 Å². The van der Waals surface area contributed by atoms with Crippen molar-refractivity contribution in [1.82, 2.24) is 0 Å². The van der Waals surface area contributed by atoms with E-state index >= 15 is 0 Å². The normalized spacial score (nSPS) is 10.8. The van der Waals surface area contributed by atoms with Crippen LogP contribution in [-0.4, -0.2) is 25.0 Å². The molecule has 2 aromatic carbocycles. The molecule has 0 aliphatic rings. The first kappa shape index (κ1) is 22.2. The third-order valence-electron chi connectivity index (χ3n) is 3.46. The molecule has 0 aliphatic heterocycles. The Labute approximate surface area is 171 Å². The molecular formula is C20H19ClF2N2O4. The molecular weight excluding hydrogens is 406 g/mol. The van der Waals surface area contributed by atoms with E-state index in [9.17, 15) is 18.4 Å².